The van der Waals surface area contributed by atoms with E-state index in [0.717, 1.165) is 37.5 Å². The maximum Gasteiger partial charge on any atom is 0.239 e. The van der Waals surface area contributed by atoms with Crippen LogP contribution in [-0.2, 0) is 11.3 Å². The van der Waals surface area contributed by atoms with E-state index < -0.39 is 0 Å². The molecule has 1 fully saturated rings. The molecule has 0 unspecified atom stereocenters. The molecule has 5 nitrogen and oxygen atoms in total. The zero-order valence-electron chi connectivity index (χ0n) is 16.5. The summed E-state index contributed by atoms with van der Waals surface area (Å²) in [7, 11) is 3.58. The van der Waals surface area contributed by atoms with Crippen molar-refractivity contribution in [2.45, 2.75) is 19.5 Å². The van der Waals surface area contributed by atoms with Crippen LogP contribution in [0.15, 0.2) is 54.6 Å². The molecule has 1 aliphatic rings. The highest BCUT2D eigenvalue weighted by molar-refractivity contribution is 5.81. The average Bonchev–Trinajstić information content (AvgIpc) is 2.73. The van der Waals surface area contributed by atoms with Gasteiger partial charge in [0.2, 0.25) is 5.91 Å². The van der Waals surface area contributed by atoms with E-state index in [0.29, 0.717) is 6.54 Å². The van der Waals surface area contributed by atoms with E-state index >= 15 is 0 Å². The number of anilines is 1. The molecule has 5 heteroatoms. The molecule has 0 aromatic heterocycles. The largest absolute Gasteiger partial charge is 0.497 e. The van der Waals surface area contributed by atoms with Crippen LogP contribution < -0.4 is 9.64 Å². The highest BCUT2D eigenvalue weighted by Crippen LogP contribution is 2.22. The number of piperazine rings is 1. The molecule has 1 heterocycles. The van der Waals surface area contributed by atoms with Crippen LogP contribution in [0, 0.1) is 0 Å². The summed E-state index contributed by atoms with van der Waals surface area (Å²) in [6.45, 7) is 6.24. The lowest BCUT2D eigenvalue weighted by Gasteiger charge is -2.39. The van der Waals surface area contributed by atoms with Gasteiger partial charge in [-0.15, -0.1) is 0 Å². The van der Waals surface area contributed by atoms with Crippen LogP contribution in [0.1, 0.15) is 12.5 Å². The van der Waals surface area contributed by atoms with Gasteiger partial charge in [0.25, 0.3) is 0 Å². The fraction of sp³-hybridized carbons (Fsp3) is 0.409. The molecule has 2 aromatic carbocycles. The fourth-order valence-corrected chi connectivity index (χ4v) is 3.58. The molecule has 1 aliphatic heterocycles. The van der Waals surface area contributed by atoms with Crippen molar-refractivity contribution in [3.05, 3.63) is 60.2 Å². The maximum absolute atomic E-state index is 12.8. The molecule has 0 radical (unpaired) electrons. The first-order valence-corrected chi connectivity index (χ1v) is 9.50. The quantitative estimate of drug-likeness (QED) is 0.787. The maximum atomic E-state index is 12.8. The van der Waals surface area contributed by atoms with E-state index in [2.05, 4.69) is 34.1 Å². The predicted molar refractivity (Wildman–Crippen MR) is 109 cm³/mol. The number of hydrogen-bond donors (Lipinski definition) is 0. The topological polar surface area (TPSA) is 36.0 Å². The van der Waals surface area contributed by atoms with Gasteiger partial charge in [-0.3, -0.25) is 9.69 Å². The number of likely N-dealkylation sites (N-methyl/N-ethyl adjacent to an activating group) is 1. The van der Waals surface area contributed by atoms with Crippen molar-refractivity contribution < 1.29 is 9.53 Å². The SMILES string of the molecule is COc1cccc(N2CCN([C@@H](C)C(=O)N(C)Cc3ccccc3)CC2)c1. The van der Waals surface area contributed by atoms with E-state index in [-0.39, 0.29) is 11.9 Å². The molecular formula is C22H29N3O2. The third kappa shape index (κ3) is 4.80. The Bertz CT molecular complexity index is 742. The number of rotatable bonds is 6. The van der Waals surface area contributed by atoms with Crippen LogP contribution in [0.5, 0.6) is 5.75 Å². The van der Waals surface area contributed by atoms with Crippen molar-refractivity contribution in [1.29, 1.82) is 0 Å². The van der Waals surface area contributed by atoms with Crippen molar-refractivity contribution >= 4 is 11.6 Å². The molecule has 2 aromatic rings. The van der Waals surface area contributed by atoms with E-state index in [9.17, 15) is 4.79 Å². The number of methoxy groups -OCH3 is 1. The second kappa shape index (κ2) is 8.91. The summed E-state index contributed by atoms with van der Waals surface area (Å²) < 4.78 is 5.32. The standard InChI is InChI=1S/C22H29N3O2/c1-18(22(26)23(2)17-19-8-5-4-6-9-19)24-12-14-25(15-13-24)20-10-7-11-21(16-20)27-3/h4-11,16,18H,12-15,17H2,1-3H3/t18-/m0/s1. The van der Waals surface area contributed by atoms with Crippen LogP contribution in [-0.4, -0.2) is 62.1 Å². The number of benzene rings is 2. The van der Waals surface area contributed by atoms with Gasteiger partial charge in [-0.25, -0.2) is 0 Å². The van der Waals surface area contributed by atoms with Crippen molar-refractivity contribution in [2.24, 2.45) is 0 Å². The van der Waals surface area contributed by atoms with E-state index in [1.54, 1.807) is 7.11 Å². The first-order chi connectivity index (χ1) is 13.1. The molecule has 0 N–H and O–H groups in total. The molecule has 0 saturated carbocycles. The molecule has 1 saturated heterocycles. The number of ether oxygens (including phenoxy) is 1. The molecule has 1 atom stereocenters. The van der Waals surface area contributed by atoms with Crippen LogP contribution in [0.4, 0.5) is 5.69 Å². The third-order valence-electron chi connectivity index (χ3n) is 5.28. The third-order valence-corrected chi connectivity index (χ3v) is 5.28. The van der Waals surface area contributed by atoms with E-state index in [4.69, 9.17) is 4.74 Å². The summed E-state index contributed by atoms with van der Waals surface area (Å²) in [6, 6.07) is 18.2. The summed E-state index contributed by atoms with van der Waals surface area (Å²) in [4.78, 5) is 19.3. The summed E-state index contributed by atoms with van der Waals surface area (Å²) in [5.74, 6) is 1.05. The first-order valence-electron chi connectivity index (χ1n) is 9.50. The van der Waals surface area contributed by atoms with Crippen molar-refractivity contribution in [2.75, 3.05) is 45.2 Å². The van der Waals surface area contributed by atoms with Gasteiger partial charge >= 0.3 is 0 Å². The number of nitrogens with zero attached hydrogens (tertiary/aromatic N) is 3. The minimum absolute atomic E-state index is 0.105. The smallest absolute Gasteiger partial charge is 0.239 e. The summed E-state index contributed by atoms with van der Waals surface area (Å²) in [5.41, 5.74) is 2.33. The van der Waals surface area contributed by atoms with Crippen molar-refractivity contribution in [3.8, 4) is 5.75 Å². The highest BCUT2D eigenvalue weighted by atomic mass is 16.5. The lowest BCUT2D eigenvalue weighted by molar-refractivity contribution is -0.135. The number of hydrogen-bond acceptors (Lipinski definition) is 4. The number of carbonyl (C=O) groups is 1. The zero-order valence-corrected chi connectivity index (χ0v) is 16.5. The predicted octanol–water partition coefficient (Wildman–Crippen LogP) is 2.86. The van der Waals surface area contributed by atoms with Gasteiger partial charge in [0.15, 0.2) is 0 Å². The zero-order chi connectivity index (χ0) is 19.2. The van der Waals surface area contributed by atoms with Gasteiger partial charge in [-0.05, 0) is 24.6 Å². The van der Waals surface area contributed by atoms with Crippen LogP contribution in [0.2, 0.25) is 0 Å². The lowest BCUT2D eigenvalue weighted by atomic mass is 10.1. The van der Waals surface area contributed by atoms with Gasteiger partial charge < -0.3 is 14.5 Å². The molecule has 3 rings (SSSR count). The van der Waals surface area contributed by atoms with E-state index in [1.165, 1.54) is 5.69 Å². The molecule has 0 spiro atoms. The van der Waals surface area contributed by atoms with Gasteiger partial charge in [0.1, 0.15) is 5.75 Å². The Balaban J connectivity index is 1.54. The van der Waals surface area contributed by atoms with E-state index in [1.807, 2.05) is 49.2 Å². The first kappa shape index (κ1) is 19.2. The van der Waals surface area contributed by atoms with Crippen LogP contribution >= 0.6 is 0 Å². The number of carbonyl (C=O) groups excluding carboxylic acids is 1. The second-order valence-electron chi connectivity index (χ2n) is 7.08. The monoisotopic (exact) mass is 367 g/mol. The summed E-state index contributed by atoms with van der Waals surface area (Å²) in [6.07, 6.45) is 0. The Morgan fingerprint density at radius 1 is 1.07 bits per heavy atom. The molecule has 144 valence electrons. The Kier molecular flexibility index (Phi) is 6.35. The Hall–Kier alpha value is -2.53. The second-order valence-corrected chi connectivity index (χ2v) is 7.08. The minimum Gasteiger partial charge on any atom is -0.497 e. The molecule has 0 bridgehead atoms. The van der Waals surface area contributed by atoms with Gasteiger partial charge in [0, 0.05) is 51.5 Å². The molecule has 1 amide bonds. The van der Waals surface area contributed by atoms with Gasteiger partial charge in [0.05, 0.1) is 13.2 Å². The molecular weight excluding hydrogens is 338 g/mol. The van der Waals surface area contributed by atoms with Gasteiger partial charge in [-0.2, -0.15) is 0 Å². The Morgan fingerprint density at radius 2 is 1.78 bits per heavy atom. The van der Waals surface area contributed by atoms with Crippen molar-refractivity contribution in [3.63, 3.8) is 0 Å². The lowest BCUT2D eigenvalue weighted by Crippen LogP contribution is -2.54. The van der Waals surface area contributed by atoms with Crippen LogP contribution in [0.25, 0.3) is 0 Å². The average molecular weight is 367 g/mol. The highest BCUT2D eigenvalue weighted by Gasteiger charge is 2.27. The fourth-order valence-electron chi connectivity index (χ4n) is 3.58. The molecule has 27 heavy (non-hydrogen) atoms. The van der Waals surface area contributed by atoms with Crippen molar-refractivity contribution in [1.82, 2.24) is 9.80 Å². The van der Waals surface area contributed by atoms with Crippen LogP contribution in [0.3, 0.4) is 0 Å². The van der Waals surface area contributed by atoms with Gasteiger partial charge in [-0.1, -0.05) is 36.4 Å². The summed E-state index contributed by atoms with van der Waals surface area (Å²) in [5, 5.41) is 0. The summed E-state index contributed by atoms with van der Waals surface area (Å²) >= 11 is 0. The minimum atomic E-state index is -0.105. The Morgan fingerprint density at radius 3 is 2.44 bits per heavy atom. The normalized spacial score (nSPS) is 16.0. The molecule has 0 aliphatic carbocycles. The number of amides is 1. The Labute approximate surface area is 162 Å².